The van der Waals surface area contributed by atoms with Crippen LogP contribution in [0.2, 0.25) is 0 Å². The van der Waals surface area contributed by atoms with Crippen LogP contribution in [0.3, 0.4) is 0 Å². The summed E-state index contributed by atoms with van der Waals surface area (Å²) < 4.78 is 18.4. The third-order valence-electron chi connectivity index (χ3n) is 2.90. The zero-order valence-corrected chi connectivity index (χ0v) is 10.7. The molecule has 0 unspecified atom stereocenters. The van der Waals surface area contributed by atoms with Crippen molar-refractivity contribution in [2.45, 2.75) is 6.92 Å². The van der Waals surface area contributed by atoms with E-state index in [1.54, 1.807) is 25.1 Å². The molecule has 2 N–H and O–H groups in total. The molecule has 0 radical (unpaired) electrons. The molecule has 0 amide bonds. The minimum absolute atomic E-state index is 0.204. The highest BCUT2D eigenvalue weighted by molar-refractivity contribution is 6.11. The summed E-state index contributed by atoms with van der Waals surface area (Å²) in [4.78, 5) is 12.4. The number of rotatable bonds is 3. The van der Waals surface area contributed by atoms with Crippen LogP contribution >= 0.6 is 0 Å². The lowest BCUT2D eigenvalue weighted by Crippen LogP contribution is -2.07. The second kappa shape index (κ2) is 5.10. The Morgan fingerprint density at radius 3 is 2.53 bits per heavy atom. The van der Waals surface area contributed by atoms with Gasteiger partial charge in [0.25, 0.3) is 0 Å². The maximum atomic E-state index is 13.3. The number of ether oxygens (including phenoxy) is 1. The second-order valence-corrected chi connectivity index (χ2v) is 4.25. The van der Waals surface area contributed by atoms with Gasteiger partial charge >= 0.3 is 0 Å². The van der Waals surface area contributed by atoms with Crippen molar-refractivity contribution in [3.63, 3.8) is 0 Å². The lowest BCUT2D eigenvalue weighted by molar-refractivity contribution is 0.103. The molecule has 98 valence electrons. The molecule has 2 aromatic carbocycles. The number of aryl methyl sites for hydroxylation is 1. The molecule has 0 atom stereocenters. The van der Waals surface area contributed by atoms with Crippen molar-refractivity contribution < 1.29 is 13.9 Å². The van der Waals surface area contributed by atoms with E-state index < -0.39 is 5.82 Å². The van der Waals surface area contributed by atoms with E-state index in [4.69, 9.17) is 10.5 Å². The van der Waals surface area contributed by atoms with Crippen LogP contribution in [0, 0.1) is 12.7 Å². The molecule has 0 saturated carbocycles. The zero-order chi connectivity index (χ0) is 14.0. The first-order valence-corrected chi connectivity index (χ1v) is 5.77. The number of hydrogen-bond donors (Lipinski definition) is 1. The Morgan fingerprint density at radius 1 is 1.16 bits per heavy atom. The van der Waals surface area contributed by atoms with Crippen molar-refractivity contribution in [1.29, 1.82) is 0 Å². The molecule has 4 heteroatoms. The number of anilines is 1. The topological polar surface area (TPSA) is 52.3 Å². The smallest absolute Gasteiger partial charge is 0.197 e. The summed E-state index contributed by atoms with van der Waals surface area (Å²) in [7, 11) is 1.44. The van der Waals surface area contributed by atoms with E-state index in [9.17, 15) is 9.18 Å². The van der Waals surface area contributed by atoms with Gasteiger partial charge in [0.15, 0.2) is 5.78 Å². The number of carbonyl (C=O) groups excluding carboxylic acids is 1. The van der Waals surface area contributed by atoms with Crippen LogP contribution in [0.1, 0.15) is 21.5 Å². The Bertz CT molecular complexity index is 638. The summed E-state index contributed by atoms with van der Waals surface area (Å²) in [5.41, 5.74) is 7.67. The quantitative estimate of drug-likeness (QED) is 0.681. The fourth-order valence-corrected chi connectivity index (χ4v) is 1.94. The van der Waals surface area contributed by atoms with Crippen molar-refractivity contribution >= 4 is 11.5 Å². The van der Waals surface area contributed by atoms with Gasteiger partial charge in [-0.15, -0.1) is 0 Å². The minimum Gasteiger partial charge on any atom is -0.496 e. The third-order valence-corrected chi connectivity index (χ3v) is 2.90. The van der Waals surface area contributed by atoms with Crippen LogP contribution < -0.4 is 10.5 Å². The zero-order valence-electron chi connectivity index (χ0n) is 10.7. The first-order valence-electron chi connectivity index (χ1n) is 5.77. The van der Waals surface area contributed by atoms with Gasteiger partial charge in [-0.2, -0.15) is 0 Å². The number of hydrogen-bond acceptors (Lipinski definition) is 3. The predicted molar refractivity (Wildman–Crippen MR) is 72.0 cm³/mol. The molecule has 0 aliphatic carbocycles. The highest BCUT2D eigenvalue weighted by atomic mass is 19.1. The minimum atomic E-state index is -0.475. The van der Waals surface area contributed by atoms with E-state index in [-0.39, 0.29) is 11.3 Å². The molecular weight excluding hydrogens is 245 g/mol. The van der Waals surface area contributed by atoms with E-state index in [0.717, 1.165) is 5.56 Å². The van der Waals surface area contributed by atoms with Crippen molar-refractivity contribution in [3.8, 4) is 5.75 Å². The Kier molecular flexibility index (Phi) is 3.51. The summed E-state index contributed by atoms with van der Waals surface area (Å²) in [5, 5.41) is 0. The standard InChI is InChI=1S/C15H14FNO2/c1-9-7-11(17)4-5-12(9)15(18)13-8-10(16)3-6-14(13)19-2/h3-8H,17H2,1-2H3. The van der Waals surface area contributed by atoms with Crippen LogP contribution in [-0.2, 0) is 0 Å². The molecule has 19 heavy (non-hydrogen) atoms. The van der Waals surface area contributed by atoms with Crippen molar-refractivity contribution in [1.82, 2.24) is 0 Å². The van der Waals surface area contributed by atoms with E-state index >= 15 is 0 Å². The lowest BCUT2D eigenvalue weighted by atomic mass is 9.98. The molecule has 0 heterocycles. The molecule has 2 rings (SSSR count). The van der Waals surface area contributed by atoms with Crippen molar-refractivity contribution in [3.05, 3.63) is 58.9 Å². The third kappa shape index (κ3) is 2.57. The Balaban J connectivity index is 2.52. The SMILES string of the molecule is COc1ccc(F)cc1C(=O)c1ccc(N)cc1C. The number of ketones is 1. The number of methoxy groups -OCH3 is 1. The Hall–Kier alpha value is -2.36. The molecule has 0 fully saturated rings. The van der Waals surface area contributed by atoms with E-state index in [1.807, 2.05) is 0 Å². The summed E-state index contributed by atoms with van der Waals surface area (Å²) in [6.07, 6.45) is 0. The van der Waals surface area contributed by atoms with Crippen LogP contribution in [0.5, 0.6) is 5.75 Å². The van der Waals surface area contributed by atoms with Crippen LogP contribution in [0.15, 0.2) is 36.4 Å². The molecule has 2 aromatic rings. The van der Waals surface area contributed by atoms with Gasteiger partial charge < -0.3 is 10.5 Å². The second-order valence-electron chi connectivity index (χ2n) is 4.25. The van der Waals surface area contributed by atoms with Crippen molar-refractivity contribution in [2.24, 2.45) is 0 Å². The van der Waals surface area contributed by atoms with Gasteiger partial charge in [-0.25, -0.2) is 4.39 Å². The largest absolute Gasteiger partial charge is 0.496 e. The number of nitrogen functional groups attached to an aromatic ring is 1. The van der Waals surface area contributed by atoms with Gasteiger partial charge in [-0.3, -0.25) is 4.79 Å². The number of nitrogens with two attached hydrogens (primary N) is 1. The van der Waals surface area contributed by atoms with E-state index in [1.165, 1.54) is 25.3 Å². The normalized spacial score (nSPS) is 10.3. The molecule has 0 aliphatic rings. The summed E-state index contributed by atoms with van der Waals surface area (Å²) in [5.74, 6) is -0.409. The van der Waals surface area contributed by atoms with Crippen LogP contribution in [-0.4, -0.2) is 12.9 Å². The van der Waals surface area contributed by atoms with E-state index in [2.05, 4.69) is 0 Å². The molecule has 0 spiro atoms. The number of benzene rings is 2. The fraction of sp³-hybridized carbons (Fsp3) is 0.133. The first kappa shape index (κ1) is 13.1. The summed E-state index contributed by atoms with van der Waals surface area (Å²) >= 11 is 0. The average Bonchev–Trinajstić information content (AvgIpc) is 2.38. The van der Waals surface area contributed by atoms with Gasteiger partial charge in [0.05, 0.1) is 12.7 Å². The maximum Gasteiger partial charge on any atom is 0.197 e. The van der Waals surface area contributed by atoms with Gasteiger partial charge in [0.1, 0.15) is 11.6 Å². The molecule has 0 aliphatic heterocycles. The van der Waals surface area contributed by atoms with Gasteiger partial charge in [0.2, 0.25) is 0 Å². The number of halogens is 1. The van der Waals surface area contributed by atoms with E-state index in [0.29, 0.717) is 17.0 Å². The first-order chi connectivity index (χ1) is 9.02. The van der Waals surface area contributed by atoms with Gasteiger partial charge in [0, 0.05) is 11.3 Å². The monoisotopic (exact) mass is 259 g/mol. The maximum absolute atomic E-state index is 13.3. The molecule has 0 saturated heterocycles. The van der Waals surface area contributed by atoms with Gasteiger partial charge in [-0.05, 0) is 48.9 Å². The van der Waals surface area contributed by atoms with Crippen LogP contribution in [0.4, 0.5) is 10.1 Å². The lowest BCUT2D eigenvalue weighted by Gasteiger charge is -2.10. The van der Waals surface area contributed by atoms with Crippen LogP contribution in [0.25, 0.3) is 0 Å². The van der Waals surface area contributed by atoms with Crippen molar-refractivity contribution in [2.75, 3.05) is 12.8 Å². The Morgan fingerprint density at radius 2 is 1.89 bits per heavy atom. The molecule has 0 bridgehead atoms. The summed E-state index contributed by atoms with van der Waals surface area (Å²) in [6, 6.07) is 8.86. The number of carbonyl (C=O) groups is 1. The molecular formula is C15H14FNO2. The Labute approximate surface area is 110 Å². The molecule has 3 nitrogen and oxygen atoms in total. The average molecular weight is 259 g/mol. The molecule has 0 aromatic heterocycles. The predicted octanol–water partition coefficient (Wildman–Crippen LogP) is 2.96. The highest BCUT2D eigenvalue weighted by Crippen LogP contribution is 2.24. The summed E-state index contributed by atoms with van der Waals surface area (Å²) in [6.45, 7) is 1.79. The fourth-order valence-electron chi connectivity index (χ4n) is 1.94. The van der Waals surface area contributed by atoms with Gasteiger partial charge in [-0.1, -0.05) is 0 Å². The highest BCUT2D eigenvalue weighted by Gasteiger charge is 2.17.